The number of hydrogen-bond donors (Lipinski definition) is 1. The highest BCUT2D eigenvalue weighted by Crippen LogP contribution is 2.11. The molecule has 2 N–H and O–H groups in total. The summed E-state index contributed by atoms with van der Waals surface area (Å²) in [6.07, 6.45) is 2.04. The lowest BCUT2D eigenvalue weighted by Gasteiger charge is -2.13. The molecule has 0 spiro atoms. The third-order valence-corrected chi connectivity index (χ3v) is 2.51. The van der Waals surface area contributed by atoms with E-state index in [-0.39, 0.29) is 30.7 Å². The molecule has 1 fully saturated rings. The number of rotatable bonds is 2. The molecule has 2 rings (SSSR count). The average molecular weight is 219 g/mol. The molecule has 1 aliphatic heterocycles. The minimum absolute atomic E-state index is 0.152. The lowest BCUT2D eigenvalue weighted by atomic mass is 10.2. The van der Waals surface area contributed by atoms with E-state index in [2.05, 4.69) is 4.98 Å². The largest absolute Gasteiger partial charge is 0.326 e. The van der Waals surface area contributed by atoms with Crippen LogP contribution in [0.4, 0.5) is 0 Å². The number of nitrogens with two attached hydrogens (primary N) is 1. The fourth-order valence-electron chi connectivity index (χ4n) is 1.73. The van der Waals surface area contributed by atoms with Crippen LogP contribution in [0.2, 0.25) is 0 Å². The van der Waals surface area contributed by atoms with Gasteiger partial charge in [0, 0.05) is 30.9 Å². The van der Waals surface area contributed by atoms with Crippen LogP contribution in [-0.2, 0) is 16.0 Å². The molecule has 1 unspecified atom stereocenters. The van der Waals surface area contributed by atoms with Crippen LogP contribution in [0.5, 0.6) is 0 Å². The topological polar surface area (TPSA) is 76.3 Å². The zero-order valence-electron chi connectivity index (χ0n) is 8.80. The number of carbonyl (C=O) groups excluding carboxylic acids is 2. The van der Waals surface area contributed by atoms with Crippen LogP contribution in [0.15, 0.2) is 24.4 Å². The van der Waals surface area contributed by atoms with Crippen molar-refractivity contribution in [2.24, 2.45) is 5.73 Å². The van der Waals surface area contributed by atoms with Gasteiger partial charge in [-0.15, -0.1) is 0 Å². The predicted octanol–water partition coefficient (Wildman–Crippen LogP) is -0.290. The van der Waals surface area contributed by atoms with Crippen molar-refractivity contribution in [3.05, 3.63) is 30.1 Å². The molecule has 0 saturated carbocycles. The summed E-state index contributed by atoms with van der Waals surface area (Å²) in [5.74, 6) is -0.412. The van der Waals surface area contributed by atoms with Gasteiger partial charge < -0.3 is 5.73 Å². The molecule has 0 radical (unpaired) electrons. The molecule has 84 valence electrons. The number of pyridine rings is 1. The Morgan fingerprint density at radius 1 is 1.56 bits per heavy atom. The van der Waals surface area contributed by atoms with Crippen molar-refractivity contribution in [1.82, 2.24) is 9.88 Å². The lowest BCUT2D eigenvalue weighted by molar-refractivity contribution is -0.141. The molecule has 1 saturated heterocycles. The second kappa shape index (κ2) is 4.40. The summed E-state index contributed by atoms with van der Waals surface area (Å²) in [4.78, 5) is 28.5. The van der Waals surface area contributed by atoms with Crippen LogP contribution >= 0.6 is 0 Å². The molecule has 1 aliphatic rings. The number of amides is 2. The van der Waals surface area contributed by atoms with Gasteiger partial charge in [0.2, 0.25) is 11.8 Å². The van der Waals surface area contributed by atoms with E-state index in [0.29, 0.717) is 12.2 Å². The zero-order chi connectivity index (χ0) is 11.5. The smallest absolute Gasteiger partial charge is 0.235 e. The summed E-state index contributed by atoms with van der Waals surface area (Å²) >= 11 is 0. The molecule has 1 aromatic rings. The van der Waals surface area contributed by atoms with Gasteiger partial charge in [-0.3, -0.25) is 19.5 Å². The van der Waals surface area contributed by atoms with Gasteiger partial charge in [0.25, 0.3) is 0 Å². The van der Waals surface area contributed by atoms with Gasteiger partial charge in [-0.05, 0) is 12.1 Å². The first-order valence-electron chi connectivity index (χ1n) is 5.15. The van der Waals surface area contributed by atoms with Crippen molar-refractivity contribution in [2.45, 2.75) is 18.9 Å². The lowest BCUT2D eigenvalue weighted by Crippen LogP contribution is -2.35. The molecule has 2 heterocycles. The molecule has 2 amide bonds. The molecule has 0 bridgehead atoms. The van der Waals surface area contributed by atoms with Gasteiger partial charge in [-0.1, -0.05) is 6.07 Å². The molecule has 1 atom stereocenters. The highest BCUT2D eigenvalue weighted by molar-refractivity contribution is 5.97. The number of imide groups is 1. The van der Waals surface area contributed by atoms with Crippen LogP contribution in [0.1, 0.15) is 12.1 Å². The molecular weight excluding hydrogens is 206 g/mol. The second-order valence-corrected chi connectivity index (χ2v) is 3.86. The first-order chi connectivity index (χ1) is 7.66. The SMILES string of the molecule is NC1CC(=O)N(C(=O)Cc2ccccn2)C1. The number of likely N-dealkylation sites (tertiary alicyclic amines) is 1. The minimum atomic E-state index is -0.225. The summed E-state index contributed by atoms with van der Waals surface area (Å²) < 4.78 is 0. The third-order valence-electron chi connectivity index (χ3n) is 2.51. The summed E-state index contributed by atoms with van der Waals surface area (Å²) in [6, 6.07) is 5.14. The summed E-state index contributed by atoms with van der Waals surface area (Å²) in [6.45, 7) is 0.324. The summed E-state index contributed by atoms with van der Waals surface area (Å²) in [7, 11) is 0. The highest BCUT2D eigenvalue weighted by atomic mass is 16.2. The fraction of sp³-hybridized carbons (Fsp3) is 0.364. The van der Waals surface area contributed by atoms with Crippen molar-refractivity contribution in [1.29, 1.82) is 0 Å². The number of nitrogens with zero attached hydrogens (tertiary/aromatic N) is 2. The normalized spacial score (nSPS) is 20.2. The van der Waals surface area contributed by atoms with Crippen molar-refractivity contribution in [2.75, 3.05) is 6.54 Å². The Morgan fingerprint density at radius 3 is 2.94 bits per heavy atom. The Kier molecular flexibility index (Phi) is 2.96. The monoisotopic (exact) mass is 219 g/mol. The van der Waals surface area contributed by atoms with Gasteiger partial charge in [0.05, 0.1) is 6.42 Å². The number of carbonyl (C=O) groups is 2. The van der Waals surface area contributed by atoms with Gasteiger partial charge in [-0.25, -0.2) is 0 Å². The Morgan fingerprint density at radius 2 is 2.38 bits per heavy atom. The standard InChI is InChI=1S/C11H13N3O2/c12-8-5-10(15)14(7-8)11(16)6-9-3-1-2-4-13-9/h1-4,8H,5-7,12H2. The number of hydrogen-bond acceptors (Lipinski definition) is 4. The molecule has 1 aromatic heterocycles. The van der Waals surface area contributed by atoms with Gasteiger partial charge in [0.1, 0.15) is 0 Å². The van der Waals surface area contributed by atoms with Crippen molar-refractivity contribution >= 4 is 11.8 Å². The van der Waals surface area contributed by atoms with Gasteiger partial charge in [0.15, 0.2) is 0 Å². The van der Waals surface area contributed by atoms with Gasteiger partial charge >= 0.3 is 0 Å². The minimum Gasteiger partial charge on any atom is -0.326 e. The second-order valence-electron chi connectivity index (χ2n) is 3.86. The molecule has 0 aliphatic carbocycles. The van der Waals surface area contributed by atoms with Crippen LogP contribution < -0.4 is 5.73 Å². The Balaban J connectivity index is 2.01. The number of aromatic nitrogens is 1. The molecule has 5 nitrogen and oxygen atoms in total. The van der Waals surface area contributed by atoms with Crippen molar-refractivity contribution < 1.29 is 9.59 Å². The van der Waals surface area contributed by atoms with Crippen LogP contribution in [0.3, 0.4) is 0 Å². The van der Waals surface area contributed by atoms with E-state index in [4.69, 9.17) is 5.73 Å². The molecular formula is C11H13N3O2. The fourth-order valence-corrected chi connectivity index (χ4v) is 1.73. The Bertz CT molecular complexity index is 405. The van der Waals surface area contributed by atoms with Crippen LogP contribution in [0.25, 0.3) is 0 Å². The maximum Gasteiger partial charge on any atom is 0.235 e. The first kappa shape index (κ1) is 10.8. The van der Waals surface area contributed by atoms with Crippen LogP contribution in [-0.4, -0.2) is 34.3 Å². The summed E-state index contributed by atoms with van der Waals surface area (Å²) in [5.41, 5.74) is 6.28. The van der Waals surface area contributed by atoms with E-state index in [0.717, 1.165) is 0 Å². The molecule has 5 heteroatoms. The molecule has 0 aromatic carbocycles. The Labute approximate surface area is 93.3 Å². The van der Waals surface area contributed by atoms with Crippen LogP contribution in [0, 0.1) is 0 Å². The quantitative estimate of drug-likeness (QED) is 0.741. The van der Waals surface area contributed by atoms with E-state index < -0.39 is 0 Å². The predicted molar refractivity (Wildman–Crippen MR) is 57.3 cm³/mol. The average Bonchev–Trinajstić information content (AvgIpc) is 2.59. The highest BCUT2D eigenvalue weighted by Gasteiger charge is 2.31. The zero-order valence-corrected chi connectivity index (χ0v) is 8.80. The van der Waals surface area contributed by atoms with E-state index in [1.165, 1.54) is 4.90 Å². The van der Waals surface area contributed by atoms with Crippen molar-refractivity contribution in [3.63, 3.8) is 0 Å². The van der Waals surface area contributed by atoms with E-state index in [1.807, 2.05) is 6.07 Å². The van der Waals surface area contributed by atoms with E-state index >= 15 is 0 Å². The maximum atomic E-state index is 11.8. The Hall–Kier alpha value is -1.75. The van der Waals surface area contributed by atoms with E-state index in [9.17, 15) is 9.59 Å². The summed E-state index contributed by atoms with van der Waals surface area (Å²) in [5, 5.41) is 0. The first-order valence-corrected chi connectivity index (χ1v) is 5.15. The maximum absolute atomic E-state index is 11.8. The van der Waals surface area contributed by atoms with Gasteiger partial charge in [-0.2, -0.15) is 0 Å². The molecule has 16 heavy (non-hydrogen) atoms. The third kappa shape index (κ3) is 2.25. The van der Waals surface area contributed by atoms with E-state index in [1.54, 1.807) is 18.3 Å². The van der Waals surface area contributed by atoms with Crippen molar-refractivity contribution in [3.8, 4) is 0 Å².